The maximum Gasteiger partial charge on any atom is 0.0829 e. The van der Waals surface area contributed by atoms with Gasteiger partial charge in [-0.1, -0.05) is 20.8 Å². The van der Waals surface area contributed by atoms with Gasteiger partial charge in [0.2, 0.25) is 0 Å². The van der Waals surface area contributed by atoms with Gasteiger partial charge in [-0.05, 0) is 31.4 Å². The summed E-state index contributed by atoms with van der Waals surface area (Å²) >= 11 is 0. The van der Waals surface area contributed by atoms with E-state index in [1.165, 1.54) is 5.56 Å². The Hall–Kier alpha value is -0.870. The van der Waals surface area contributed by atoms with Crippen molar-refractivity contribution >= 4 is 0 Å². The van der Waals surface area contributed by atoms with Gasteiger partial charge in [-0.2, -0.15) is 5.10 Å². The Balaban J connectivity index is 2.86. The van der Waals surface area contributed by atoms with Crippen LogP contribution < -0.4 is 5.32 Å². The molecule has 4 nitrogen and oxygen atoms in total. The van der Waals surface area contributed by atoms with Gasteiger partial charge in [0.25, 0.3) is 0 Å². The quantitative estimate of drug-likeness (QED) is 0.771. The standard InChI is InChI=1S/C14H27N3O/c1-6-14(7-2,18-5)13(15-8-3)9-12-10-16-17(4)11-12/h10-11,13,15H,6-9H2,1-5H3. The maximum absolute atomic E-state index is 5.84. The molecular weight excluding hydrogens is 226 g/mol. The highest BCUT2D eigenvalue weighted by Crippen LogP contribution is 2.26. The monoisotopic (exact) mass is 253 g/mol. The van der Waals surface area contributed by atoms with Crippen molar-refractivity contribution in [2.24, 2.45) is 7.05 Å². The van der Waals surface area contributed by atoms with E-state index in [1.807, 2.05) is 25.0 Å². The van der Waals surface area contributed by atoms with E-state index in [9.17, 15) is 0 Å². The number of aromatic nitrogens is 2. The van der Waals surface area contributed by atoms with Gasteiger partial charge in [0, 0.05) is 26.4 Å². The molecule has 1 unspecified atom stereocenters. The minimum absolute atomic E-state index is 0.0914. The molecule has 1 aromatic rings. The fourth-order valence-electron chi connectivity index (χ4n) is 2.68. The summed E-state index contributed by atoms with van der Waals surface area (Å²) in [6.07, 6.45) is 7.00. The van der Waals surface area contributed by atoms with Crippen LogP contribution in [0.3, 0.4) is 0 Å². The lowest BCUT2D eigenvalue weighted by atomic mass is 9.85. The maximum atomic E-state index is 5.84. The zero-order valence-electron chi connectivity index (χ0n) is 12.4. The number of methoxy groups -OCH3 is 1. The highest BCUT2D eigenvalue weighted by molar-refractivity contribution is 5.09. The molecule has 1 rings (SSSR count). The molecule has 0 saturated heterocycles. The van der Waals surface area contributed by atoms with Crippen LogP contribution in [0.5, 0.6) is 0 Å². The van der Waals surface area contributed by atoms with E-state index in [0.29, 0.717) is 6.04 Å². The molecule has 0 spiro atoms. The Labute approximate surface area is 111 Å². The Kier molecular flexibility index (Phi) is 5.82. The molecule has 0 aromatic carbocycles. The molecule has 0 aliphatic heterocycles. The van der Waals surface area contributed by atoms with Crippen LogP contribution in [0, 0.1) is 0 Å². The van der Waals surface area contributed by atoms with Crippen LogP contribution in [-0.4, -0.2) is 35.1 Å². The average Bonchev–Trinajstić information content (AvgIpc) is 2.78. The molecule has 0 radical (unpaired) electrons. The third-order valence-electron chi connectivity index (χ3n) is 3.89. The molecule has 0 aliphatic carbocycles. The van der Waals surface area contributed by atoms with E-state index >= 15 is 0 Å². The number of nitrogens with one attached hydrogen (secondary N) is 1. The molecule has 104 valence electrons. The van der Waals surface area contributed by atoms with Crippen LogP contribution in [0.2, 0.25) is 0 Å². The third-order valence-corrected chi connectivity index (χ3v) is 3.89. The fourth-order valence-corrected chi connectivity index (χ4v) is 2.68. The first kappa shape index (κ1) is 15.2. The molecule has 18 heavy (non-hydrogen) atoms. The molecule has 0 aliphatic rings. The van der Waals surface area contributed by atoms with Gasteiger partial charge in [-0.3, -0.25) is 4.68 Å². The molecule has 0 amide bonds. The first-order valence-electron chi connectivity index (χ1n) is 6.87. The smallest absolute Gasteiger partial charge is 0.0829 e. The topological polar surface area (TPSA) is 39.1 Å². The van der Waals surface area contributed by atoms with Gasteiger partial charge in [0.1, 0.15) is 0 Å². The summed E-state index contributed by atoms with van der Waals surface area (Å²) in [4.78, 5) is 0. The summed E-state index contributed by atoms with van der Waals surface area (Å²) in [5.41, 5.74) is 1.16. The number of likely N-dealkylation sites (N-methyl/N-ethyl adjacent to an activating group) is 1. The normalized spacial score (nSPS) is 13.8. The van der Waals surface area contributed by atoms with E-state index in [2.05, 4.69) is 37.4 Å². The zero-order chi connectivity index (χ0) is 13.6. The predicted molar refractivity (Wildman–Crippen MR) is 74.7 cm³/mol. The van der Waals surface area contributed by atoms with Crippen LogP contribution in [0.4, 0.5) is 0 Å². The van der Waals surface area contributed by atoms with Crippen LogP contribution in [0.15, 0.2) is 12.4 Å². The van der Waals surface area contributed by atoms with Crippen molar-refractivity contribution in [3.8, 4) is 0 Å². The third kappa shape index (κ3) is 3.33. The molecule has 0 fully saturated rings. The number of aryl methyl sites for hydroxylation is 1. The second-order valence-corrected chi connectivity index (χ2v) is 4.81. The van der Waals surface area contributed by atoms with Crippen molar-refractivity contribution in [3.63, 3.8) is 0 Å². The zero-order valence-corrected chi connectivity index (χ0v) is 12.4. The summed E-state index contributed by atoms with van der Waals surface area (Å²) in [6.45, 7) is 7.49. The van der Waals surface area contributed by atoms with Crippen molar-refractivity contribution < 1.29 is 4.74 Å². The molecule has 1 atom stereocenters. The number of hydrogen-bond donors (Lipinski definition) is 1. The highest BCUT2D eigenvalue weighted by atomic mass is 16.5. The summed E-state index contributed by atoms with van der Waals surface area (Å²) in [5.74, 6) is 0. The Bertz CT molecular complexity index is 336. The highest BCUT2D eigenvalue weighted by Gasteiger charge is 2.35. The van der Waals surface area contributed by atoms with Crippen LogP contribution in [0.25, 0.3) is 0 Å². The van der Waals surface area contributed by atoms with Gasteiger partial charge < -0.3 is 10.1 Å². The van der Waals surface area contributed by atoms with Gasteiger partial charge in [-0.25, -0.2) is 0 Å². The van der Waals surface area contributed by atoms with Crippen molar-refractivity contribution in [1.82, 2.24) is 15.1 Å². The first-order chi connectivity index (χ1) is 8.61. The van der Waals surface area contributed by atoms with Crippen LogP contribution in [-0.2, 0) is 18.2 Å². The Morgan fingerprint density at radius 1 is 1.39 bits per heavy atom. The summed E-state index contributed by atoms with van der Waals surface area (Å²) in [6, 6.07) is 0.326. The average molecular weight is 253 g/mol. The molecule has 0 bridgehead atoms. The van der Waals surface area contributed by atoms with Crippen molar-refractivity contribution in [1.29, 1.82) is 0 Å². The van der Waals surface area contributed by atoms with Gasteiger partial charge in [0.05, 0.1) is 11.8 Å². The molecular formula is C14H27N3O. The predicted octanol–water partition coefficient (Wildman–Crippen LogP) is 2.15. The van der Waals surface area contributed by atoms with E-state index in [1.54, 1.807) is 0 Å². The van der Waals surface area contributed by atoms with Gasteiger partial charge in [0.15, 0.2) is 0 Å². The lowest BCUT2D eigenvalue weighted by molar-refractivity contribution is -0.0468. The minimum Gasteiger partial charge on any atom is -0.377 e. The molecule has 1 heterocycles. The molecule has 0 saturated carbocycles. The minimum atomic E-state index is -0.0914. The second kappa shape index (κ2) is 6.90. The number of rotatable bonds is 8. The summed E-state index contributed by atoms with van der Waals surface area (Å²) < 4.78 is 7.69. The van der Waals surface area contributed by atoms with Gasteiger partial charge >= 0.3 is 0 Å². The number of nitrogens with zero attached hydrogens (tertiary/aromatic N) is 2. The van der Waals surface area contributed by atoms with E-state index in [4.69, 9.17) is 4.74 Å². The Morgan fingerprint density at radius 2 is 2.06 bits per heavy atom. The lowest BCUT2D eigenvalue weighted by Crippen LogP contribution is -2.52. The molecule has 1 aromatic heterocycles. The molecule has 4 heteroatoms. The second-order valence-electron chi connectivity index (χ2n) is 4.81. The van der Waals surface area contributed by atoms with Crippen LogP contribution in [0.1, 0.15) is 39.2 Å². The number of hydrogen-bond acceptors (Lipinski definition) is 3. The van der Waals surface area contributed by atoms with Gasteiger partial charge in [-0.15, -0.1) is 0 Å². The van der Waals surface area contributed by atoms with Crippen LogP contribution >= 0.6 is 0 Å². The SMILES string of the molecule is CCNC(Cc1cnn(C)c1)C(CC)(CC)OC. The van der Waals surface area contributed by atoms with E-state index in [-0.39, 0.29) is 5.60 Å². The fraction of sp³-hybridized carbons (Fsp3) is 0.786. The molecule has 1 N–H and O–H groups in total. The van der Waals surface area contributed by atoms with E-state index in [0.717, 1.165) is 25.8 Å². The van der Waals surface area contributed by atoms with E-state index < -0.39 is 0 Å². The van der Waals surface area contributed by atoms with Crippen molar-refractivity contribution in [2.45, 2.75) is 51.7 Å². The summed E-state index contributed by atoms with van der Waals surface area (Å²) in [7, 11) is 3.77. The van der Waals surface area contributed by atoms with Crippen molar-refractivity contribution in [3.05, 3.63) is 18.0 Å². The Morgan fingerprint density at radius 3 is 2.44 bits per heavy atom. The lowest BCUT2D eigenvalue weighted by Gasteiger charge is -2.39. The largest absolute Gasteiger partial charge is 0.377 e. The summed E-state index contributed by atoms with van der Waals surface area (Å²) in [5, 5.41) is 7.81. The number of ether oxygens (including phenoxy) is 1. The van der Waals surface area contributed by atoms with Crippen molar-refractivity contribution in [2.75, 3.05) is 13.7 Å². The first-order valence-corrected chi connectivity index (χ1v) is 6.87.